The lowest BCUT2D eigenvalue weighted by molar-refractivity contribution is -0.137. The molecule has 0 spiro atoms. The van der Waals surface area contributed by atoms with Crippen LogP contribution < -0.4 is 22.3 Å². The van der Waals surface area contributed by atoms with E-state index < -0.39 is 23.4 Å². The topological polar surface area (TPSA) is 113 Å². The van der Waals surface area contributed by atoms with Crippen LogP contribution in [0.3, 0.4) is 0 Å². The number of hydrogen-bond donors (Lipinski definition) is 5. The van der Waals surface area contributed by atoms with E-state index in [-0.39, 0.29) is 5.82 Å². The molecule has 0 aliphatic rings. The van der Waals surface area contributed by atoms with E-state index in [2.05, 4.69) is 5.32 Å². The summed E-state index contributed by atoms with van der Waals surface area (Å²) in [6.45, 7) is 0. The summed E-state index contributed by atoms with van der Waals surface area (Å²) < 4.78 is 37.7. The van der Waals surface area contributed by atoms with E-state index in [9.17, 15) is 18.0 Å². The number of hydrazine groups is 1. The molecule has 9 heteroatoms. The number of carbonyl (C=O) groups is 1. The van der Waals surface area contributed by atoms with Gasteiger partial charge in [0.05, 0.1) is 5.56 Å². The number of anilines is 1. The van der Waals surface area contributed by atoms with Crippen LogP contribution in [0.25, 0.3) is 11.1 Å². The Labute approximate surface area is 140 Å². The van der Waals surface area contributed by atoms with Crippen LogP contribution in [0.5, 0.6) is 0 Å². The third-order valence-corrected chi connectivity index (χ3v) is 3.34. The molecule has 25 heavy (non-hydrogen) atoms. The zero-order chi connectivity index (χ0) is 18.6. The molecule has 0 saturated heterocycles. The lowest BCUT2D eigenvalue weighted by atomic mass is 10.0. The normalized spacial score (nSPS) is 12.3. The fourth-order valence-corrected chi connectivity index (χ4v) is 2.07. The molecule has 0 aliphatic heterocycles. The van der Waals surface area contributed by atoms with Crippen LogP contribution in [-0.4, -0.2) is 11.1 Å². The highest BCUT2D eigenvalue weighted by Crippen LogP contribution is 2.31. The minimum absolute atomic E-state index is 0.183. The third kappa shape index (κ3) is 4.42. The highest BCUT2D eigenvalue weighted by Gasteiger charge is 2.29. The minimum Gasteiger partial charge on any atom is -0.476 e. The maximum Gasteiger partial charge on any atom is 0.416 e. The summed E-state index contributed by atoms with van der Waals surface area (Å²) in [5.41, 5.74) is 8.26. The highest BCUT2D eigenvalue weighted by molar-refractivity contribution is 5.87. The molecule has 0 unspecified atom stereocenters. The van der Waals surface area contributed by atoms with Crippen molar-refractivity contribution in [2.75, 3.05) is 5.32 Å². The summed E-state index contributed by atoms with van der Waals surface area (Å²) in [6, 6.07) is 11.3. The van der Waals surface area contributed by atoms with Gasteiger partial charge in [0.15, 0.2) is 5.70 Å². The van der Waals surface area contributed by atoms with Crippen molar-refractivity contribution in [3.05, 3.63) is 65.6 Å². The smallest absolute Gasteiger partial charge is 0.416 e. The van der Waals surface area contributed by atoms with Crippen molar-refractivity contribution in [3.63, 3.8) is 0 Å². The van der Waals surface area contributed by atoms with Crippen LogP contribution in [0.2, 0.25) is 0 Å². The molecule has 0 radical (unpaired) electrons. The monoisotopic (exact) mass is 352 g/mol. The number of benzene rings is 2. The number of carboxylic acid groups (broad SMARTS) is 1. The molecule has 0 fully saturated rings. The summed E-state index contributed by atoms with van der Waals surface area (Å²) >= 11 is 0. The van der Waals surface area contributed by atoms with Gasteiger partial charge in [-0.15, -0.1) is 0 Å². The molecule has 0 aromatic heterocycles. The second kappa shape index (κ2) is 7.14. The van der Waals surface area contributed by atoms with E-state index in [4.69, 9.17) is 16.7 Å². The Hall–Kier alpha value is -3.20. The molecule has 0 atom stereocenters. The molecule has 0 aliphatic carbocycles. The summed E-state index contributed by atoms with van der Waals surface area (Å²) in [6.07, 6.45) is -4.38. The first-order valence-corrected chi connectivity index (χ1v) is 6.96. The lowest BCUT2D eigenvalue weighted by Crippen LogP contribution is -2.32. The van der Waals surface area contributed by atoms with E-state index in [1.54, 1.807) is 24.3 Å². The van der Waals surface area contributed by atoms with Crippen LogP contribution in [0, 0.1) is 0 Å². The summed E-state index contributed by atoms with van der Waals surface area (Å²) in [5, 5.41) is 11.6. The van der Waals surface area contributed by atoms with Crippen LogP contribution in [0.1, 0.15) is 5.56 Å². The molecule has 0 amide bonds. The van der Waals surface area contributed by atoms with E-state index in [1.165, 1.54) is 12.1 Å². The van der Waals surface area contributed by atoms with Gasteiger partial charge in [0.25, 0.3) is 0 Å². The van der Waals surface area contributed by atoms with Gasteiger partial charge in [0.1, 0.15) is 5.82 Å². The fourth-order valence-electron chi connectivity index (χ4n) is 2.07. The molecular weight excluding hydrogens is 337 g/mol. The SMILES string of the molecule is NN/C(C(=O)O)=C(\N)Nc1ccc(-c2ccc(C(F)(F)F)cc2)cc1. The predicted molar refractivity (Wildman–Crippen MR) is 86.7 cm³/mol. The molecule has 2 aromatic carbocycles. The molecule has 7 N–H and O–H groups in total. The van der Waals surface area contributed by atoms with Gasteiger partial charge >= 0.3 is 12.1 Å². The third-order valence-electron chi connectivity index (χ3n) is 3.34. The van der Waals surface area contributed by atoms with Crippen molar-refractivity contribution < 1.29 is 23.1 Å². The van der Waals surface area contributed by atoms with E-state index in [1.807, 2.05) is 5.43 Å². The second-order valence-electron chi connectivity index (χ2n) is 5.02. The van der Waals surface area contributed by atoms with Gasteiger partial charge in [0, 0.05) is 5.69 Å². The first-order valence-electron chi connectivity index (χ1n) is 6.96. The molecule has 6 nitrogen and oxygen atoms in total. The number of carboxylic acids is 1. The Morgan fingerprint density at radius 3 is 1.84 bits per heavy atom. The molecule has 2 aromatic rings. The fraction of sp³-hybridized carbons (Fsp3) is 0.0625. The minimum atomic E-state index is -4.38. The Morgan fingerprint density at radius 2 is 1.44 bits per heavy atom. The molecule has 0 heterocycles. The maximum atomic E-state index is 12.6. The van der Waals surface area contributed by atoms with Crippen LogP contribution in [0.4, 0.5) is 18.9 Å². The van der Waals surface area contributed by atoms with Crippen molar-refractivity contribution in [1.82, 2.24) is 5.43 Å². The first kappa shape index (κ1) is 18.1. The van der Waals surface area contributed by atoms with Crippen molar-refractivity contribution in [3.8, 4) is 11.1 Å². The lowest BCUT2D eigenvalue weighted by Gasteiger charge is -2.11. The first-order chi connectivity index (χ1) is 11.7. The quantitative estimate of drug-likeness (QED) is 0.321. The number of hydrogen-bond acceptors (Lipinski definition) is 5. The molecule has 0 bridgehead atoms. The van der Waals surface area contributed by atoms with Gasteiger partial charge in [-0.2, -0.15) is 13.2 Å². The van der Waals surface area contributed by atoms with Gasteiger partial charge in [0.2, 0.25) is 0 Å². The molecule has 2 rings (SSSR count). The maximum absolute atomic E-state index is 12.6. The van der Waals surface area contributed by atoms with E-state index in [0.717, 1.165) is 12.1 Å². The van der Waals surface area contributed by atoms with E-state index in [0.29, 0.717) is 16.8 Å². The Kier molecular flexibility index (Phi) is 5.18. The zero-order valence-corrected chi connectivity index (χ0v) is 12.8. The summed E-state index contributed by atoms with van der Waals surface area (Å²) in [4.78, 5) is 10.9. The van der Waals surface area contributed by atoms with Crippen molar-refractivity contribution >= 4 is 11.7 Å². The van der Waals surface area contributed by atoms with Gasteiger partial charge < -0.3 is 21.6 Å². The van der Waals surface area contributed by atoms with Crippen molar-refractivity contribution in [1.29, 1.82) is 0 Å². The average molecular weight is 352 g/mol. The van der Waals surface area contributed by atoms with Gasteiger partial charge in [-0.25, -0.2) is 4.79 Å². The number of nitrogens with two attached hydrogens (primary N) is 2. The number of halogens is 3. The van der Waals surface area contributed by atoms with Gasteiger partial charge in [-0.1, -0.05) is 24.3 Å². The van der Waals surface area contributed by atoms with Crippen molar-refractivity contribution in [2.45, 2.75) is 6.18 Å². The molecular formula is C16H15F3N4O2. The molecule has 132 valence electrons. The van der Waals surface area contributed by atoms with Crippen molar-refractivity contribution in [2.24, 2.45) is 11.6 Å². The van der Waals surface area contributed by atoms with Crippen LogP contribution in [0.15, 0.2) is 60.0 Å². The van der Waals surface area contributed by atoms with Crippen LogP contribution in [-0.2, 0) is 11.0 Å². The van der Waals surface area contributed by atoms with Crippen LogP contribution >= 0.6 is 0 Å². The number of nitrogens with one attached hydrogen (secondary N) is 2. The Bertz CT molecular complexity index is 785. The Balaban J connectivity index is 2.19. The zero-order valence-electron chi connectivity index (χ0n) is 12.8. The largest absolute Gasteiger partial charge is 0.476 e. The Morgan fingerprint density at radius 1 is 0.960 bits per heavy atom. The van der Waals surface area contributed by atoms with Gasteiger partial charge in [-0.3, -0.25) is 5.84 Å². The number of rotatable bonds is 5. The number of aliphatic carboxylic acids is 1. The molecule has 0 saturated carbocycles. The standard InChI is InChI=1S/C16H15F3N4O2/c17-16(18,19)11-5-1-9(2-6-11)10-3-7-12(8-4-10)22-14(20)13(23-21)15(24)25/h1-8,22-23H,20-21H2,(H,24,25)/b14-13+. The van der Waals surface area contributed by atoms with Gasteiger partial charge in [-0.05, 0) is 35.4 Å². The number of alkyl halides is 3. The second-order valence-corrected chi connectivity index (χ2v) is 5.02. The van der Waals surface area contributed by atoms with E-state index >= 15 is 0 Å². The predicted octanol–water partition coefficient (Wildman–Crippen LogP) is 2.46. The highest BCUT2D eigenvalue weighted by atomic mass is 19.4. The average Bonchev–Trinajstić information content (AvgIpc) is 2.55. The summed E-state index contributed by atoms with van der Waals surface area (Å²) in [5.74, 6) is 3.57. The summed E-state index contributed by atoms with van der Waals surface area (Å²) in [7, 11) is 0.